The van der Waals surface area contributed by atoms with Gasteiger partial charge < -0.3 is 13.7 Å². The fraction of sp³-hybridized carbons (Fsp3) is 0.238. The predicted octanol–water partition coefficient (Wildman–Crippen LogP) is 11.6. The van der Waals surface area contributed by atoms with Crippen molar-refractivity contribution in [3.8, 4) is 34.3 Å². The van der Waals surface area contributed by atoms with Crippen LogP contribution in [0.5, 0.6) is 5.75 Å². The molecule has 5 aromatic carbocycles. The van der Waals surface area contributed by atoms with Crippen molar-refractivity contribution in [1.82, 2.24) is 14.8 Å². The van der Waals surface area contributed by atoms with Gasteiger partial charge >= 0.3 is 0 Å². The molecule has 2 heterocycles. The summed E-state index contributed by atoms with van der Waals surface area (Å²) in [6.45, 7) is 13.7. The van der Waals surface area contributed by atoms with Gasteiger partial charge in [-0.3, -0.25) is 0 Å². The van der Waals surface area contributed by atoms with Crippen LogP contribution in [0.2, 0.25) is 0 Å². The molecule has 0 aliphatic heterocycles. The number of hydrogen-bond acceptors (Lipinski definition) is 4. The Hall–Kier alpha value is -5.16. The Morgan fingerprint density at radius 3 is 1.85 bits per heavy atom. The summed E-state index contributed by atoms with van der Waals surface area (Å²) in [4.78, 5) is 0. The molecule has 0 spiro atoms. The maximum atomic E-state index is 6.21. The molecule has 1 unspecified atom stereocenters. The van der Waals surface area contributed by atoms with Crippen molar-refractivity contribution in [3.05, 3.63) is 132 Å². The monoisotopic (exact) mass is 621 g/mol. The number of ether oxygens (including phenoxy) is 1. The highest BCUT2D eigenvalue weighted by Gasteiger charge is 2.24. The largest absolute Gasteiger partial charge is 0.489 e. The van der Waals surface area contributed by atoms with E-state index in [-0.39, 0.29) is 5.41 Å². The lowest BCUT2D eigenvalue weighted by Crippen LogP contribution is -2.17. The summed E-state index contributed by atoms with van der Waals surface area (Å²) >= 11 is 0. The minimum Gasteiger partial charge on any atom is -0.489 e. The zero-order valence-electron chi connectivity index (χ0n) is 28.2. The number of rotatable bonds is 8. The van der Waals surface area contributed by atoms with E-state index in [1.807, 2.05) is 50.2 Å². The third-order valence-electron chi connectivity index (χ3n) is 8.68. The van der Waals surface area contributed by atoms with Gasteiger partial charge in [0.25, 0.3) is 0 Å². The number of fused-ring (bicyclic) bond motifs is 3. The van der Waals surface area contributed by atoms with Crippen molar-refractivity contribution in [2.24, 2.45) is 5.41 Å². The first kappa shape index (κ1) is 31.8. The summed E-state index contributed by atoms with van der Waals surface area (Å²) in [5.74, 6) is 2.21. The first-order chi connectivity index (χ1) is 22.9. The van der Waals surface area contributed by atoms with E-state index in [1.165, 1.54) is 16.3 Å². The van der Waals surface area contributed by atoms with Gasteiger partial charge in [0, 0.05) is 27.6 Å². The molecule has 47 heavy (non-hydrogen) atoms. The van der Waals surface area contributed by atoms with E-state index in [2.05, 4.69) is 127 Å². The lowest BCUT2D eigenvalue weighted by molar-refractivity contribution is 0.304. The van der Waals surface area contributed by atoms with E-state index in [4.69, 9.17) is 9.15 Å². The van der Waals surface area contributed by atoms with E-state index >= 15 is 0 Å². The van der Waals surface area contributed by atoms with Crippen LogP contribution in [0, 0.1) is 5.41 Å². The Morgan fingerprint density at radius 2 is 1.26 bits per heavy atom. The van der Waals surface area contributed by atoms with Gasteiger partial charge in [-0.05, 0) is 77.4 Å². The second kappa shape index (κ2) is 13.7. The summed E-state index contributed by atoms with van der Waals surface area (Å²) in [5, 5.41) is 11.3. The second-order valence-corrected chi connectivity index (χ2v) is 12.7. The lowest BCUT2D eigenvalue weighted by Gasteiger charge is -2.30. The predicted molar refractivity (Wildman–Crippen MR) is 194 cm³/mol. The average Bonchev–Trinajstić information content (AvgIpc) is 3.73. The fourth-order valence-corrected chi connectivity index (χ4v) is 6.52. The minimum absolute atomic E-state index is 0.233. The molecule has 0 N–H and O–H groups in total. The Labute approximate surface area is 277 Å². The molecule has 7 aromatic rings. The SMILES string of the molecule is CC.CCC(c1ccc(COc2cccc(-c3nnc(-c4cccc(-n5c6ccccc6c6ccccc65)c4)o3)c2)cc1)C(C)(C)C. The number of aromatic nitrogens is 3. The van der Waals surface area contributed by atoms with Gasteiger partial charge in [0.1, 0.15) is 12.4 Å². The van der Waals surface area contributed by atoms with E-state index in [1.54, 1.807) is 0 Å². The minimum atomic E-state index is 0.233. The smallest absolute Gasteiger partial charge is 0.248 e. The molecule has 0 fully saturated rings. The van der Waals surface area contributed by atoms with Crippen molar-refractivity contribution >= 4 is 21.8 Å². The zero-order valence-corrected chi connectivity index (χ0v) is 28.2. The summed E-state index contributed by atoms with van der Waals surface area (Å²) in [5.41, 5.74) is 7.78. The maximum absolute atomic E-state index is 6.21. The van der Waals surface area contributed by atoms with Crippen LogP contribution in [0.25, 0.3) is 50.4 Å². The zero-order chi connectivity index (χ0) is 33.0. The van der Waals surface area contributed by atoms with Crippen molar-refractivity contribution in [2.75, 3.05) is 0 Å². The third-order valence-corrected chi connectivity index (χ3v) is 8.68. The highest BCUT2D eigenvalue weighted by Crippen LogP contribution is 2.38. The molecule has 5 nitrogen and oxygen atoms in total. The summed E-state index contributed by atoms with van der Waals surface area (Å²) < 4.78 is 14.7. The first-order valence-electron chi connectivity index (χ1n) is 16.6. The molecule has 1 atom stereocenters. The molecule has 238 valence electrons. The van der Waals surface area contributed by atoms with Gasteiger partial charge in [-0.1, -0.05) is 114 Å². The molecule has 0 amide bonds. The first-order valence-corrected chi connectivity index (χ1v) is 16.6. The third kappa shape index (κ3) is 6.57. The van der Waals surface area contributed by atoms with Gasteiger partial charge in [0.05, 0.1) is 11.0 Å². The summed E-state index contributed by atoms with van der Waals surface area (Å²) in [6, 6.07) is 41.9. The second-order valence-electron chi connectivity index (χ2n) is 12.7. The van der Waals surface area contributed by atoms with Crippen molar-refractivity contribution in [3.63, 3.8) is 0 Å². The van der Waals surface area contributed by atoms with Crippen LogP contribution >= 0.6 is 0 Å². The van der Waals surface area contributed by atoms with Crippen LogP contribution in [0.1, 0.15) is 65.0 Å². The quantitative estimate of drug-likeness (QED) is 0.169. The summed E-state index contributed by atoms with van der Waals surface area (Å²) in [7, 11) is 0. The molecule has 0 saturated carbocycles. The molecule has 0 aliphatic rings. The van der Waals surface area contributed by atoms with Crippen LogP contribution in [0.3, 0.4) is 0 Å². The Balaban J connectivity index is 0.00000190. The molecule has 0 aliphatic carbocycles. The molecular weight excluding hydrogens is 578 g/mol. The highest BCUT2D eigenvalue weighted by atomic mass is 16.5. The molecule has 2 aromatic heterocycles. The highest BCUT2D eigenvalue weighted by molar-refractivity contribution is 6.09. The van der Waals surface area contributed by atoms with Gasteiger partial charge in [-0.15, -0.1) is 10.2 Å². The van der Waals surface area contributed by atoms with E-state index < -0.39 is 0 Å². The molecule has 0 radical (unpaired) electrons. The van der Waals surface area contributed by atoms with Crippen LogP contribution in [0.4, 0.5) is 0 Å². The van der Waals surface area contributed by atoms with Gasteiger partial charge in [0.15, 0.2) is 0 Å². The van der Waals surface area contributed by atoms with Crippen molar-refractivity contribution < 1.29 is 9.15 Å². The number of benzene rings is 5. The van der Waals surface area contributed by atoms with E-state index in [9.17, 15) is 0 Å². The van der Waals surface area contributed by atoms with Crippen LogP contribution in [-0.2, 0) is 6.61 Å². The maximum Gasteiger partial charge on any atom is 0.248 e. The number of para-hydroxylation sites is 2. The Kier molecular flexibility index (Phi) is 9.26. The van der Waals surface area contributed by atoms with Gasteiger partial charge in [-0.2, -0.15) is 0 Å². The van der Waals surface area contributed by atoms with Gasteiger partial charge in [-0.25, -0.2) is 0 Å². The van der Waals surface area contributed by atoms with Crippen molar-refractivity contribution in [1.29, 1.82) is 0 Å². The standard InChI is InChI=1S/C40H37N3O2.C2H6/c1-5-35(40(2,3)4)28-22-20-27(21-23-28)26-44-32-15-11-13-30(25-32)39-42-41-38(45-39)29-12-10-14-31(24-29)43-36-18-8-6-16-33(36)34-17-7-9-19-37(34)43;1-2/h6-25,35H,5,26H2,1-4H3;1-2H3. The molecule has 0 saturated heterocycles. The number of nitrogens with zero attached hydrogens (tertiary/aromatic N) is 3. The Bertz CT molecular complexity index is 2040. The molecule has 5 heteroatoms. The van der Waals surface area contributed by atoms with Crippen LogP contribution in [0.15, 0.2) is 126 Å². The number of hydrogen-bond donors (Lipinski definition) is 0. The molecule has 7 rings (SSSR count). The topological polar surface area (TPSA) is 53.1 Å². The Morgan fingerprint density at radius 1 is 0.681 bits per heavy atom. The molecular formula is C42H43N3O2. The fourth-order valence-electron chi connectivity index (χ4n) is 6.52. The average molecular weight is 622 g/mol. The van der Waals surface area contributed by atoms with Crippen LogP contribution < -0.4 is 4.74 Å². The molecule has 0 bridgehead atoms. The summed E-state index contributed by atoms with van der Waals surface area (Å²) in [6.07, 6.45) is 1.12. The van der Waals surface area contributed by atoms with Crippen molar-refractivity contribution in [2.45, 2.75) is 60.5 Å². The van der Waals surface area contributed by atoms with Gasteiger partial charge in [0.2, 0.25) is 11.8 Å². The van der Waals surface area contributed by atoms with E-state index in [0.29, 0.717) is 24.3 Å². The van der Waals surface area contributed by atoms with E-state index in [0.717, 1.165) is 45.6 Å². The normalized spacial score (nSPS) is 12.1. The lowest BCUT2D eigenvalue weighted by atomic mass is 9.75. The van der Waals surface area contributed by atoms with Crippen LogP contribution in [-0.4, -0.2) is 14.8 Å².